The fourth-order valence-corrected chi connectivity index (χ4v) is 5.10. The Morgan fingerprint density at radius 2 is 1.47 bits per heavy atom. The summed E-state index contributed by atoms with van der Waals surface area (Å²) in [4.78, 5) is 4.30. The van der Waals surface area contributed by atoms with Crippen molar-refractivity contribution in [3.63, 3.8) is 0 Å². The molecule has 2 aromatic carbocycles. The van der Waals surface area contributed by atoms with E-state index in [2.05, 4.69) is 72.1 Å². The predicted octanol–water partition coefficient (Wildman–Crippen LogP) is 1.20. The highest BCUT2D eigenvalue weighted by molar-refractivity contribution is 7.09. The van der Waals surface area contributed by atoms with Crippen LogP contribution in [0.5, 0.6) is 0 Å². The van der Waals surface area contributed by atoms with Gasteiger partial charge in [0.25, 0.3) is 0 Å². The SMILES string of the molecule is O[C@H](COCc1cccs1)C[NH+]1CC[NH+](C(c2ccccc2)c2ccccc2)CC1. The largest absolute Gasteiger partial charge is 0.385 e. The summed E-state index contributed by atoms with van der Waals surface area (Å²) in [7, 11) is 0. The summed E-state index contributed by atoms with van der Waals surface area (Å²) in [6.45, 7) is 6.13. The minimum absolute atomic E-state index is 0.369. The first kappa shape index (κ1) is 21.2. The van der Waals surface area contributed by atoms with E-state index in [1.807, 2.05) is 6.07 Å². The van der Waals surface area contributed by atoms with Gasteiger partial charge < -0.3 is 19.6 Å². The molecule has 1 aliphatic heterocycles. The van der Waals surface area contributed by atoms with Gasteiger partial charge in [0, 0.05) is 16.0 Å². The van der Waals surface area contributed by atoms with Crippen LogP contribution in [0, 0.1) is 0 Å². The molecule has 0 aliphatic carbocycles. The number of hydrogen-bond donors (Lipinski definition) is 3. The lowest BCUT2D eigenvalue weighted by atomic mass is 9.96. The van der Waals surface area contributed by atoms with Gasteiger partial charge in [0.05, 0.1) is 13.2 Å². The van der Waals surface area contributed by atoms with Crippen molar-refractivity contribution in [3.05, 3.63) is 94.2 Å². The van der Waals surface area contributed by atoms with Gasteiger partial charge in [-0.25, -0.2) is 0 Å². The number of aliphatic hydroxyl groups excluding tert-OH is 1. The number of rotatable bonds is 9. The Bertz CT molecular complexity index is 810. The molecule has 0 spiro atoms. The Kier molecular flexibility index (Phi) is 7.67. The highest BCUT2D eigenvalue weighted by atomic mass is 32.1. The van der Waals surface area contributed by atoms with Crippen molar-refractivity contribution in [1.82, 2.24) is 0 Å². The van der Waals surface area contributed by atoms with E-state index in [0.717, 1.165) is 32.7 Å². The first-order chi connectivity index (χ1) is 14.8. The average molecular weight is 425 g/mol. The van der Waals surface area contributed by atoms with Crippen molar-refractivity contribution in [3.8, 4) is 0 Å². The van der Waals surface area contributed by atoms with Crippen molar-refractivity contribution in [1.29, 1.82) is 0 Å². The van der Waals surface area contributed by atoms with E-state index in [4.69, 9.17) is 4.74 Å². The molecule has 1 saturated heterocycles. The molecule has 158 valence electrons. The summed E-state index contributed by atoms with van der Waals surface area (Å²) in [6, 6.07) is 26.2. The molecule has 1 aromatic heterocycles. The van der Waals surface area contributed by atoms with E-state index in [1.54, 1.807) is 16.2 Å². The number of ether oxygens (including phenoxy) is 1. The third-order valence-electron chi connectivity index (χ3n) is 5.93. The second-order valence-corrected chi connectivity index (χ2v) is 9.15. The summed E-state index contributed by atoms with van der Waals surface area (Å²) in [5.74, 6) is 0. The van der Waals surface area contributed by atoms with Crippen LogP contribution in [0.4, 0.5) is 0 Å². The van der Waals surface area contributed by atoms with Crippen molar-refractivity contribution in [2.75, 3.05) is 39.3 Å². The molecule has 1 fully saturated rings. The summed E-state index contributed by atoms with van der Waals surface area (Å²) in [5.41, 5.74) is 2.76. The maximum absolute atomic E-state index is 10.4. The highest BCUT2D eigenvalue weighted by Gasteiger charge is 2.32. The zero-order chi connectivity index (χ0) is 20.6. The molecule has 4 nitrogen and oxygen atoms in total. The molecule has 0 bridgehead atoms. The number of thiophene rings is 1. The van der Waals surface area contributed by atoms with E-state index in [0.29, 0.717) is 19.3 Å². The van der Waals surface area contributed by atoms with Crippen molar-refractivity contribution in [2.24, 2.45) is 0 Å². The van der Waals surface area contributed by atoms with Gasteiger partial charge in [-0.05, 0) is 11.4 Å². The van der Waals surface area contributed by atoms with E-state index in [9.17, 15) is 5.11 Å². The van der Waals surface area contributed by atoms with E-state index in [1.165, 1.54) is 20.9 Å². The van der Waals surface area contributed by atoms with Gasteiger partial charge in [0.2, 0.25) is 0 Å². The molecule has 2 heterocycles. The monoisotopic (exact) mass is 424 g/mol. The Morgan fingerprint density at radius 1 is 0.833 bits per heavy atom. The van der Waals surface area contributed by atoms with Crippen molar-refractivity contribution >= 4 is 11.3 Å². The van der Waals surface area contributed by atoms with Crippen LogP contribution in [0.2, 0.25) is 0 Å². The smallest absolute Gasteiger partial charge is 0.139 e. The van der Waals surface area contributed by atoms with Crippen LogP contribution in [-0.4, -0.2) is 50.5 Å². The molecule has 5 heteroatoms. The van der Waals surface area contributed by atoms with Crippen molar-refractivity contribution < 1.29 is 19.6 Å². The van der Waals surface area contributed by atoms with Crippen LogP contribution >= 0.6 is 11.3 Å². The molecule has 30 heavy (non-hydrogen) atoms. The normalized spacial score (nSPS) is 20.3. The summed E-state index contributed by atoms with van der Waals surface area (Å²) < 4.78 is 5.70. The van der Waals surface area contributed by atoms with Gasteiger partial charge in [-0.3, -0.25) is 0 Å². The number of quaternary nitrogens is 2. The minimum atomic E-state index is -0.402. The van der Waals surface area contributed by atoms with Gasteiger partial charge in [-0.1, -0.05) is 66.7 Å². The Labute approximate surface area is 183 Å². The number of hydrogen-bond acceptors (Lipinski definition) is 3. The number of nitrogens with one attached hydrogen (secondary N) is 2. The first-order valence-corrected chi connectivity index (χ1v) is 11.7. The molecule has 0 amide bonds. The Hall–Kier alpha value is -2.02. The molecule has 4 rings (SSSR count). The molecular weight excluding hydrogens is 392 g/mol. The van der Waals surface area contributed by atoms with Gasteiger partial charge in [0.1, 0.15) is 44.9 Å². The average Bonchev–Trinajstić information content (AvgIpc) is 3.30. The van der Waals surface area contributed by atoms with Crippen molar-refractivity contribution in [2.45, 2.75) is 18.8 Å². The van der Waals surface area contributed by atoms with E-state index < -0.39 is 6.10 Å². The standard InChI is InChI=1S/C25H30N2O2S/c28-23(19-29-20-24-12-7-17-30-24)18-26-13-15-27(16-14-26)25(21-8-3-1-4-9-21)22-10-5-2-6-11-22/h1-12,17,23,25,28H,13-16,18-20H2/p+2/t23-/m0/s1. The number of benzene rings is 2. The number of aliphatic hydroxyl groups is 1. The summed E-state index contributed by atoms with van der Waals surface area (Å²) in [5, 5.41) is 12.5. The van der Waals surface area contributed by atoms with Gasteiger partial charge in [0.15, 0.2) is 0 Å². The van der Waals surface area contributed by atoms with Crippen LogP contribution in [0.3, 0.4) is 0 Å². The van der Waals surface area contributed by atoms with Crippen LogP contribution in [0.25, 0.3) is 0 Å². The molecule has 0 saturated carbocycles. The van der Waals surface area contributed by atoms with Crippen LogP contribution < -0.4 is 9.80 Å². The molecular formula is C25H32N2O2S+2. The Morgan fingerprint density at radius 3 is 2.03 bits per heavy atom. The molecule has 0 unspecified atom stereocenters. The zero-order valence-corrected chi connectivity index (χ0v) is 18.2. The van der Waals surface area contributed by atoms with E-state index >= 15 is 0 Å². The summed E-state index contributed by atoms with van der Waals surface area (Å²) >= 11 is 1.69. The Balaban J connectivity index is 1.30. The lowest BCUT2D eigenvalue weighted by Crippen LogP contribution is -3.28. The third-order valence-corrected chi connectivity index (χ3v) is 6.78. The predicted molar refractivity (Wildman–Crippen MR) is 121 cm³/mol. The fourth-order valence-electron chi connectivity index (χ4n) is 4.45. The van der Waals surface area contributed by atoms with Crippen LogP contribution in [-0.2, 0) is 11.3 Å². The highest BCUT2D eigenvalue weighted by Crippen LogP contribution is 2.18. The summed E-state index contributed by atoms with van der Waals surface area (Å²) in [6.07, 6.45) is -0.402. The van der Waals surface area contributed by atoms with Crippen LogP contribution in [0.15, 0.2) is 78.2 Å². The fraction of sp³-hybridized carbons (Fsp3) is 0.360. The second-order valence-electron chi connectivity index (χ2n) is 8.12. The zero-order valence-electron chi connectivity index (χ0n) is 17.4. The molecule has 3 aromatic rings. The first-order valence-electron chi connectivity index (χ1n) is 10.9. The molecule has 0 radical (unpaired) electrons. The number of piperazine rings is 1. The topological polar surface area (TPSA) is 38.3 Å². The van der Waals surface area contributed by atoms with Gasteiger partial charge in [-0.15, -0.1) is 11.3 Å². The maximum atomic E-state index is 10.4. The minimum Gasteiger partial charge on any atom is -0.385 e. The lowest BCUT2D eigenvalue weighted by molar-refractivity contribution is -1.02. The maximum Gasteiger partial charge on any atom is 0.139 e. The van der Waals surface area contributed by atoms with Gasteiger partial charge in [-0.2, -0.15) is 0 Å². The molecule has 3 N–H and O–H groups in total. The quantitative estimate of drug-likeness (QED) is 0.483. The van der Waals surface area contributed by atoms with Crippen LogP contribution in [0.1, 0.15) is 22.0 Å². The molecule has 1 atom stereocenters. The van der Waals surface area contributed by atoms with E-state index in [-0.39, 0.29) is 0 Å². The second kappa shape index (κ2) is 10.8. The lowest BCUT2D eigenvalue weighted by Gasteiger charge is -2.35. The van der Waals surface area contributed by atoms with Gasteiger partial charge >= 0.3 is 0 Å². The third kappa shape index (κ3) is 5.78. The molecule has 1 aliphatic rings.